The Balaban J connectivity index is 1.45. The zero-order valence-corrected chi connectivity index (χ0v) is 18.1. The van der Waals surface area contributed by atoms with Gasteiger partial charge >= 0.3 is 0 Å². The Labute approximate surface area is 184 Å². The molecule has 0 unspecified atom stereocenters. The standard InChI is InChI=1S/C23H24ClN3O2S/c24-21-17-6-2-4-8-19(17)30-22(21)23(29)27-18-7-3-1-5-14(18)13-20(28)26-16-11-9-15(25)10-12-16/h1-8,15-16H,9-13,25H2,(H,26,28)(H,27,29). The minimum Gasteiger partial charge on any atom is -0.353 e. The first-order valence-electron chi connectivity index (χ1n) is 10.1. The van der Waals surface area contributed by atoms with Gasteiger partial charge in [0, 0.05) is 27.9 Å². The van der Waals surface area contributed by atoms with Gasteiger partial charge < -0.3 is 16.4 Å². The van der Waals surface area contributed by atoms with E-state index in [4.69, 9.17) is 17.3 Å². The third-order valence-electron chi connectivity index (χ3n) is 5.49. The van der Waals surface area contributed by atoms with Gasteiger partial charge in [-0.3, -0.25) is 9.59 Å². The van der Waals surface area contributed by atoms with E-state index in [0.717, 1.165) is 41.3 Å². The second-order valence-electron chi connectivity index (χ2n) is 7.71. The molecule has 30 heavy (non-hydrogen) atoms. The number of nitrogens with two attached hydrogens (primary N) is 1. The first kappa shape index (κ1) is 20.8. The Morgan fingerprint density at radius 2 is 1.73 bits per heavy atom. The van der Waals surface area contributed by atoms with Crippen molar-refractivity contribution in [2.75, 3.05) is 5.32 Å². The summed E-state index contributed by atoms with van der Waals surface area (Å²) in [5.41, 5.74) is 7.33. The fourth-order valence-corrected chi connectivity index (χ4v) is 5.26. The number of rotatable bonds is 5. The molecule has 2 aromatic carbocycles. The van der Waals surface area contributed by atoms with Crippen LogP contribution in [0.3, 0.4) is 0 Å². The Morgan fingerprint density at radius 3 is 2.50 bits per heavy atom. The minimum atomic E-state index is -0.268. The third-order valence-corrected chi connectivity index (χ3v) is 7.17. The molecular weight excluding hydrogens is 418 g/mol. The van der Waals surface area contributed by atoms with Crippen molar-refractivity contribution < 1.29 is 9.59 Å². The molecule has 0 saturated heterocycles. The lowest BCUT2D eigenvalue weighted by Gasteiger charge is -2.26. The maximum atomic E-state index is 12.9. The van der Waals surface area contributed by atoms with E-state index >= 15 is 0 Å². The molecule has 4 rings (SSSR count). The summed E-state index contributed by atoms with van der Waals surface area (Å²) in [4.78, 5) is 25.9. The van der Waals surface area contributed by atoms with E-state index in [1.165, 1.54) is 11.3 Å². The van der Waals surface area contributed by atoms with E-state index in [-0.39, 0.29) is 30.3 Å². The van der Waals surface area contributed by atoms with Crippen molar-refractivity contribution in [2.45, 2.75) is 44.2 Å². The van der Waals surface area contributed by atoms with E-state index < -0.39 is 0 Å². The average Bonchev–Trinajstić information content (AvgIpc) is 3.08. The normalized spacial score (nSPS) is 18.9. The summed E-state index contributed by atoms with van der Waals surface area (Å²) in [5.74, 6) is -0.313. The molecule has 5 nitrogen and oxygen atoms in total. The molecule has 7 heteroatoms. The first-order valence-corrected chi connectivity index (χ1v) is 11.3. The van der Waals surface area contributed by atoms with Gasteiger partial charge in [-0.2, -0.15) is 0 Å². The average molecular weight is 442 g/mol. The van der Waals surface area contributed by atoms with Gasteiger partial charge in [0.25, 0.3) is 5.91 Å². The molecule has 1 aliphatic rings. The topological polar surface area (TPSA) is 84.2 Å². The summed E-state index contributed by atoms with van der Waals surface area (Å²) in [6, 6.07) is 15.5. The number of hydrogen-bond acceptors (Lipinski definition) is 4. The molecule has 156 valence electrons. The zero-order chi connectivity index (χ0) is 21.1. The number of hydrogen-bond donors (Lipinski definition) is 3. The number of fused-ring (bicyclic) bond motifs is 1. The molecule has 4 N–H and O–H groups in total. The van der Waals surface area contributed by atoms with E-state index in [2.05, 4.69) is 10.6 Å². The Bertz CT molecular complexity index is 1070. The Kier molecular flexibility index (Phi) is 6.37. The molecule has 0 spiro atoms. The maximum Gasteiger partial charge on any atom is 0.267 e. The van der Waals surface area contributed by atoms with Gasteiger partial charge in [-0.1, -0.05) is 48.0 Å². The highest BCUT2D eigenvalue weighted by atomic mass is 35.5. The highest BCUT2D eigenvalue weighted by molar-refractivity contribution is 7.21. The van der Waals surface area contributed by atoms with Crippen LogP contribution in [-0.4, -0.2) is 23.9 Å². The number of para-hydroxylation sites is 1. The van der Waals surface area contributed by atoms with Gasteiger partial charge in [-0.25, -0.2) is 0 Å². The number of thiophene rings is 1. The van der Waals surface area contributed by atoms with Gasteiger partial charge in [-0.15, -0.1) is 11.3 Å². The molecule has 1 fully saturated rings. The number of carbonyl (C=O) groups excluding carboxylic acids is 2. The van der Waals surface area contributed by atoms with Crippen LogP contribution in [0.1, 0.15) is 40.9 Å². The number of nitrogens with one attached hydrogen (secondary N) is 2. The largest absolute Gasteiger partial charge is 0.353 e. The molecule has 2 amide bonds. The molecule has 1 saturated carbocycles. The molecule has 3 aromatic rings. The maximum absolute atomic E-state index is 12.9. The van der Waals surface area contributed by atoms with Crippen molar-refractivity contribution >= 4 is 50.5 Å². The van der Waals surface area contributed by atoms with Crippen LogP contribution in [0.5, 0.6) is 0 Å². The molecule has 1 aromatic heterocycles. The van der Waals surface area contributed by atoms with Gasteiger partial charge in [0.05, 0.1) is 11.4 Å². The highest BCUT2D eigenvalue weighted by Gasteiger charge is 2.21. The molecule has 1 heterocycles. The third kappa shape index (κ3) is 4.67. The number of amides is 2. The van der Waals surface area contributed by atoms with Crippen LogP contribution in [0.2, 0.25) is 5.02 Å². The van der Waals surface area contributed by atoms with Crippen molar-refractivity contribution in [1.29, 1.82) is 0 Å². The van der Waals surface area contributed by atoms with Crippen molar-refractivity contribution in [3.8, 4) is 0 Å². The van der Waals surface area contributed by atoms with Crippen LogP contribution in [-0.2, 0) is 11.2 Å². The van der Waals surface area contributed by atoms with Crippen LogP contribution < -0.4 is 16.4 Å². The lowest BCUT2D eigenvalue weighted by Crippen LogP contribution is -2.41. The van der Waals surface area contributed by atoms with E-state index in [0.29, 0.717) is 15.6 Å². The lowest BCUT2D eigenvalue weighted by atomic mass is 9.91. The summed E-state index contributed by atoms with van der Waals surface area (Å²) < 4.78 is 0.965. The lowest BCUT2D eigenvalue weighted by molar-refractivity contribution is -0.121. The van der Waals surface area contributed by atoms with Crippen molar-refractivity contribution in [3.63, 3.8) is 0 Å². The zero-order valence-electron chi connectivity index (χ0n) is 16.5. The molecule has 0 aliphatic heterocycles. The number of anilines is 1. The Morgan fingerprint density at radius 1 is 1.03 bits per heavy atom. The second kappa shape index (κ2) is 9.16. The molecule has 0 bridgehead atoms. The summed E-state index contributed by atoms with van der Waals surface area (Å²) in [6.45, 7) is 0. The predicted octanol–water partition coefficient (Wildman–Crippen LogP) is 4.74. The molecular formula is C23H24ClN3O2S. The Hall–Kier alpha value is -2.41. The highest BCUT2D eigenvalue weighted by Crippen LogP contribution is 2.35. The monoisotopic (exact) mass is 441 g/mol. The minimum absolute atomic E-state index is 0.0444. The van der Waals surface area contributed by atoms with Crippen LogP contribution >= 0.6 is 22.9 Å². The number of halogens is 1. The SMILES string of the molecule is NC1CCC(NC(=O)Cc2ccccc2NC(=O)c2sc3ccccc3c2Cl)CC1. The van der Waals surface area contributed by atoms with Crippen molar-refractivity contribution in [1.82, 2.24) is 5.32 Å². The van der Waals surface area contributed by atoms with Crippen LogP contribution in [0.15, 0.2) is 48.5 Å². The van der Waals surface area contributed by atoms with Gasteiger partial charge in [0.1, 0.15) is 4.88 Å². The van der Waals surface area contributed by atoms with Crippen LogP contribution in [0, 0.1) is 0 Å². The molecule has 0 radical (unpaired) electrons. The quantitative estimate of drug-likeness (QED) is 0.534. The predicted molar refractivity (Wildman–Crippen MR) is 123 cm³/mol. The van der Waals surface area contributed by atoms with Crippen molar-refractivity contribution in [3.05, 3.63) is 64.0 Å². The van der Waals surface area contributed by atoms with Crippen molar-refractivity contribution in [2.24, 2.45) is 5.73 Å². The van der Waals surface area contributed by atoms with E-state index in [1.807, 2.05) is 42.5 Å². The fraction of sp³-hybridized carbons (Fsp3) is 0.304. The van der Waals surface area contributed by atoms with Gasteiger partial charge in [0.15, 0.2) is 0 Å². The van der Waals surface area contributed by atoms with Gasteiger partial charge in [-0.05, 0) is 43.4 Å². The smallest absolute Gasteiger partial charge is 0.267 e. The number of benzene rings is 2. The fourth-order valence-electron chi connectivity index (χ4n) is 3.85. The summed E-state index contributed by atoms with van der Waals surface area (Å²) >= 11 is 7.80. The second-order valence-corrected chi connectivity index (χ2v) is 9.14. The summed E-state index contributed by atoms with van der Waals surface area (Å²) in [6.07, 6.45) is 3.91. The van der Waals surface area contributed by atoms with Gasteiger partial charge in [0.2, 0.25) is 5.91 Å². The number of carbonyl (C=O) groups is 2. The molecule has 1 aliphatic carbocycles. The van der Waals surface area contributed by atoms with E-state index in [9.17, 15) is 9.59 Å². The van der Waals surface area contributed by atoms with E-state index in [1.54, 1.807) is 6.07 Å². The summed E-state index contributed by atoms with van der Waals surface area (Å²) in [5, 5.41) is 7.36. The van der Waals surface area contributed by atoms with Crippen LogP contribution in [0.4, 0.5) is 5.69 Å². The molecule has 0 atom stereocenters. The first-order chi connectivity index (χ1) is 14.5. The summed E-state index contributed by atoms with van der Waals surface area (Å²) in [7, 11) is 0. The van der Waals surface area contributed by atoms with Crippen LogP contribution in [0.25, 0.3) is 10.1 Å².